The van der Waals surface area contributed by atoms with Crippen LogP contribution in [-0.4, -0.2) is 18.3 Å². The van der Waals surface area contributed by atoms with Gasteiger partial charge in [-0.15, -0.1) is 0 Å². The fourth-order valence-electron chi connectivity index (χ4n) is 11.1. The van der Waals surface area contributed by atoms with Crippen molar-refractivity contribution in [2.75, 3.05) is 0 Å². The van der Waals surface area contributed by atoms with Crippen molar-refractivity contribution in [1.82, 2.24) is 18.3 Å². The zero-order chi connectivity index (χ0) is 44.5. The fourth-order valence-corrected chi connectivity index (χ4v) is 11.1. The molecule has 0 N–H and O–H groups in total. The minimum atomic E-state index is 0.381. The molecule has 13 rings (SSSR count). The summed E-state index contributed by atoms with van der Waals surface area (Å²) in [6.45, 7) is 18.1. The third-order valence-corrected chi connectivity index (χ3v) is 13.8. The smallest absolute Gasteiger partial charge is 0.237 e. The second kappa shape index (κ2) is 13.8. The van der Waals surface area contributed by atoms with E-state index in [9.17, 15) is 11.8 Å². The molecule has 0 aliphatic carbocycles. The van der Waals surface area contributed by atoms with Crippen LogP contribution in [0.4, 0.5) is 5.69 Å². The molecule has 310 valence electrons. The van der Waals surface area contributed by atoms with E-state index in [0.29, 0.717) is 28.3 Å². The van der Waals surface area contributed by atoms with Gasteiger partial charge in [-0.25, -0.2) is 4.85 Å². The number of benzene rings is 9. The highest BCUT2D eigenvalue weighted by atomic mass is 15.1. The Bertz CT molecular complexity index is 4200. The number of rotatable bonds is 4. The first kappa shape index (κ1) is 37.7. The minimum Gasteiger partial charge on any atom is -0.318 e. The summed E-state index contributed by atoms with van der Waals surface area (Å²) in [6.07, 6.45) is 0. The molecule has 0 aliphatic rings. The van der Waals surface area contributed by atoms with E-state index in [4.69, 9.17) is 4.85 Å². The zero-order valence-electron chi connectivity index (χ0n) is 36.8. The molecule has 0 amide bonds. The summed E-state index contributed by atoms with van der Waals surface area (Å²) >= 11 is 0. The number of aromatic nitrogens is 4. The van der Waals surface area contributed by atoms with Gasteiger partial charge in [-0.05, 0) is 100 Å². The normalized spacial score (nSPS) is 11.9. The summed E-state index contributed by atoms with van der Waals surface area (Å²) in [5, 5.41) is 20.9. The van der Waals surface area contributed by atoms with Crippen molar-refractivity contribution in [3.8, 4) is 28.8 Å². The highest BCUT2D eigenvalue weighted by Crippen LogP contribution is 2.52. The van der Waals surface area contributed by atoms with Crippen LogP contribution in [0, 0.1) is 45.6 Å². The van der Waals surface area contributed by atoms with E-state index in [1.165, 1.54) is 0 Å². The standard InChI is InChI=1S/C60H40N6/c1-35-22-26-52-43(30-35)39-14-6-10-18-48(39)63(52)57-47(34-61)58(64-49-19-11-7-15-40(49)44-31-36(2)23-27-53(44)64)60(66-51-21-13-9-17-42(51)46-33-38(4)25-29-55(46)66)59(56(57)62-5)65-50-20-12-8-16-41(50)45-32-37(3)24-28-54(45)65/h6-33H,1-4H3. The Labute approximate surface area is 380 Å². The van der Waals surface area contributed by atoms with Crippen LogP contribution in [0.3, 0.4) is 0 Å². The van der Waals surface area contributed by atoms with Crippen molar-refractivity contribution >= 4 is 92.9 Å². The molecule has 6 heteroatoms. The van der Waals surface area contributed by atoms with Gasteiger partial charge in [-0.3, -0.25) is 0 Å². The molecule has 0 aliphatic heterocycles. The van der Waals surface area contributed by atoms with Gasteiger partial charge in [-0.1, -0.05) is 119 Å². The number of nitriles is 1. The molecule has 0 unspecified atom stereocenters. The molecular weight excluding hydrogens is 805 g/mol. The van der Waals surface area contributed by atoms with E-state index < -0.39 is 0 Å². The number of aryl methyl sites for hydroxylation is 4. The third kappa shape index (κ3) is 5.04. The lowest BCUT2D eigenvalue weighted by Gasteiger charge is -2.27. The van der Waals surface area contributed by atoms with Crippen LogP contribution < -0.4 is 0 Å². The van der Waals surface area contributed by atoms with Gasteiger partial charge in [0.2, 0.25) is 5.69 Å². The first-order chi connectivity index (χ1) is 32.3. The number of para-hydroxylation sites is 4. The molecule has 4 heterocycles. The predicted molar refractivity (Wildman–Crippen MR) is 274 cm³/mol. The Morgan fingerprint density at radius 3 is 0.970 bits per heavy atom. The molecule has 0 atom stereocenters. The second-order valence-corrected chi connectivity index (χ2v) is 17.8. The third-order valence-electron chi connectivity index (χ3n) is 13.8. The Kier molecular flexibility index (Phi) is 7.90. The van der Waals surface area contributed by atoms with E-state index in [0.717, 1.165) is 115 Å². The molecule has 6 nitrogen and oxygen atoms in total. The van der Waals surface area contributed by atoms with E-state index in [1.54, 1.807) is 0 Å². The van der Waals surface area contributed by atoms with Crippen LogP contribution in [0.25, 0.3) is 115 Å². The molecule has 9 aromatic carbocycles. The van der Waals surface area contributed by atoms with Crippen molar-refractivity contribution in [2.24, 2.45) is 0 Å². The van der Waals surface area contributed by atoms with Gasteiger partial charge >= 0.3 is 0 Å². The van der Waals surface area contributed by atoms with Gasteiger partial charge < -0.3 is 18.3 Å². The maximum Gasteiger partial charge on any atom is 0.237 e. The van der Waals surface area contributed by atoms with Crippen LogP contribution in [0.5, 0.6) is 0 Å². The average Bonchev–Trinajstić information content (AvgIpc) is 4.05. The van der Waals surface area contributed by atoms with Crippen LogP contribution in [0.2, 0.25) is 0 Å². The topological polar surface area (TPSA) is 47.9 Å². The van der Waals surface area contributed by atoms with Crippen LogP contribution in [0.1, 0.15) is 27.8 Å². The van der Waals surface area contributed by atoms with Crippen LogP contribution in [0.15, 0.2) is 170 Å². The molecule has 0 spiro atoms. The lowest BCUT2D eigenvalue weighted by Crippen LogP contribution is -2.14. The quantitative estimate of drug-likeness (QED) is 0.163. The van der Waals surface area contributed by atoms with Gasteiger partial charge in [-0.2, -0.15) is 5.26 Å². The molecule has 0 saturated carbocycles. The van der Waals surface area contributed by atoms with E-state index in [1.807, 2.05) is 0 Å². The number of nitrogens with zero attached hydrogens (tertiary/aromatic N) is 6. The van der Waals surface area contributed by atoms with E-state index >= 15 is 0 Å². The van der Waals surface area contributed by atoms with Gasteiger partial charge in [0, 0.05) is 43.1 Å². The minimum absolute atomic E-state index is 0.381. The van der Waals surface area contributed by atoms with Crippen molar-refractivity contribution in [3.05, 3.63) is 209 Å². The summed E-state index contributed by atoms with van der Waals surface area (Å²) in [4.78, 5) is 4.69. The van der Waals surface area contributed by atoms with Crippen molar-refractivity contribution in [2.45, 2.75) is 27.7 Å². The monoisotopic (exact) mass is 844 g/mol. The Morgan fingerprint density at radius 2 is 0.636 bits per heavy atom. The number of hydrogen-bond donors (Lipinski definition) is 0. The Hall–Kier alpha value is -8.84. The van der Waals surface area contributed by atoms with Gasteiger partial charge in [0.05, 0.1) is 79.0 Å². The first-order valence-electron chi connectivity index (χ1n) is 22.4. The van der Waals surface area contributed by atoms with Crippen molar-refractivity contribution in [1.29, 1.82) is 5.26 Å². The number of fused-ring (bicyclic) bond motifs is 12. The summed E-state index contributed by atoms with van der Waals surface area (Å²) in [6, 6.07) is 63.2. The molecule has 4 aromatic heterocycles. The number of hydrogen-bond acceptors (Lipinski definition) is 1. The second-order valence-electron chi connectivity index (χ2n) is 17.8. The van der Waals surface area contributed by atoms with Crippen molar-refractivity contribution < 1.29 is 0 Å². The Balaban J connectivity index is 1.40. The fraction of sp³-hybridized carbons (Fsp3) is 0.0667. The molecule has 0 bridgehead atoms. The predicted octanol–water partition coefficient (Wildman–Crippen LogP) is 15.7. The molecule has 0 radical (unpaired) electrons. The van der Waals surface area contributed by atoms with Gasteiger partial charge in [0.1, 0.15) is 6.07 Å². The molecule has 66 heavy (non-hydrogen) atoms. The van der Waals surface area contributed by atoms with Crippen molar-refractivity contribution in [3.63, 3.8) is 0 Å². The molecule has 0 fully saturated rings. The van der Waals surface area contributed by atoms with E-state index in [-0.39, 0.29) is 0 Å². The maximum atomic E-state index is 12.3. The summed E-state index contributed by atoms with van der Waals surface area (Å²) in [5.41, 5.74) is 15.8. The van der Waals surface area contributed by atoms with Crippen LogP contribution >= 0.6 is 0 Å². The zero-order valence-corrected chi connectivity index (χ0v) is 36.8. The molecular formula is C60H40N6. The SMILES string of the molecule is [C-]#[N+]c1c(-n2c3ccccc3c3cc(C)ccc32)c(C#N)c(-n2c3ccccc3c3cc(C)ccc32)c(-n2c3ccccc3c3cc(C)ccc32)c1-n1c2ccccc2c2cc(C)ccc21. The summed E-state index contributed by atoms with van der Waals surface area (Å²) < 4.78 is 9.15. The van der Waals surface area contributed by atoms with E-state index in [2.05, 4.69) is 222 Å². The van der Waals surface area contributed by atoms with Gasteiger partial charge in [0.25, 0.3) is 0 Å². The molecule has 0 saturated heterocycles. The van der Waals surface area contributed by atoms with Gasteiger partial charge in [0.15, 0.2) is 0 Å². The van der Waals surface area contributed by atoms with Crippen LogP contribution in [-0.2, 0) is 0 Å². The lowest BCUT2D eigenvalue weighted by atomic mass is 10.0. The average molecular weight is 845 g/mol. The Morgan fingerprint density at radius 1 is 0.348 bits per heavy atom. The maximum absolute atomic E-state index is 12.3. The lowest BCUT2D eigenvalue weighted by molar-refractivity contribution is 1.03. The largest absolute Gasteiger partial charge is 0.318 e. The summed E-state index contributed by atoms with van der Waals surface area (Å²) in [5.74, 6) is 0. The molecule has 13 aromatic rings. The first-order valence-corrected chi connectivity index (χ1v) is 22.4. The highest BCUT2D eigenvalue weighted by molar-refractivity contribution is 6.17. The summed E-state index contributed by atoms with van der Waals surface area (Å²) in [7, 11) is 0. The highest BCUT2D eigenvalue weighted by Gasteiger charge is 2.34.